The Morgan fingerprint density at radius 3 is 2.19 bits per heavy atom. The first-order chi connectivity index (χ1) is 7.68. The zero-order valence-electron chi connectivity index (χ0n) is 8.47. The van der Waals surface area contributed by atoms with E-state index in [4.69, 9.17) is 0 Å². The predicted molar refractivity (Wildman–Crippen MR) is 74.4 cm³/mol. The SMILES string of the molecule is OB(O)c1cc(-c2ccccc2)ccc1I. The van der Waals surface area contributed by atoms with Gasteiger partial charge in [-0.3, -0.25) is 0 Å². The Bertz CT molecular complexity index is 486. The van der Waals surface area contributed by atoms with Crippen LogP contribution < -0.4 is 5.46 Å². The van der Waals surface area contributed by atoms with Crippen LogP contribution in [0, 0.1) is 3.57 Å². The number of halogens is 1. The summed E-state index contributed by atoms with van der Waals surface area (Å²) < 4.78 is 0.854. The molecule has 16 heavy (non-hydrogen) atoms. The van der Waals surface area contributed by atoms with Gasteiger partial charge in [-0.15, -0.1) is 0 Å². The van der Waals surface area contributed by atoms with Gasteiger partial charge >= 0.3 is 7.12 Å². The first kappa shape index (κ1) is 11.6. The minimum atomic E-state index is -1.42. The fourth-order valence-corrected chi connectivity index (χ4v) is 2.17. The van der Waals surface area contributed by atoms with Gasteiger partial charge in [0.25, 0.3) is 0 Å². The Labute approximate surface area is 108 Å². The molecule has 0 amide bonds. The van der Waals surface area contributed by atoms with Crippen molar-refractivity contribution < 1.29 is 10.0 Å². The van der Waals surface area contributed by atoms with Crippen molar-refractivity contribution >= 4 is 35.2 Å². The van der Waals surface area contributed by atoms with Crippen molar-refractivity contribution in [2.24, 2.45) is 0 Å². The van der Waals surface area contributed by atoms with E-state index in [2.05, 4.69) is 22.6 Å². The lowest BCUT2D eigenvalue weighted by Gasteiger charge is -2.07. The van der Waals surface area contributed by atoms with Gasteiger partial charge < -0.3 is 10.0 Å². The van der Waals surface area contributed by atoms with E-state index in [-0.39, 0.29) is 0 Å². The van der Waals surface area contributed by atoms with Gasteiger partial charge in [0.1, 0.15) is 0 Å². The highest BCUT2D eigenvalue weighted by atomic mass is 127. The molecule has 2 N–H and O–H groups in total. The van der Waals surface area contributed by atoms with Crippen molar-refractivity contribution in [1.82, 2.24) is 0 Å². The molecule has 0 radical (unpaired) electrons. The average Bonchev–Trinajstić information content (AvgIpc) is 2.30. The fraction of sp³-hybridized carbons (Fsp3) is 0. The summed E-state index contributed by atoms with van der Waals surface area (Å²) in [6.45, 7) is 0. The highest BCUT2D eigenvalue weighted by molar-refractivity contribution is 14.1. The Hall–Kier alpha value is -0.845. The summed E-state index contributed by atoms with van der Waals surface area (Å²) in [5.74, 6) is 0. The summed E-state index contributed by atoms with van der Waals surface area (Å²) in [6.07, 6.45) is 0. The number of hydrogen-bond donors (Lipinski definition) is 2. The smallest absolute Gasteiger partial charge is 0.423 e. The molecule has 0 atom stereocenters. The molecule has 0 aromatic heterocycles. The first-order valence-corrected chi connectivity index (χ1v) is 5.97. The van der Waals surface area contributed by atoms with Crippen molar-refractivity contribution in [3.63, 3.8) is 0 Å². The second-order valence-electron chi connectivity index (χ2n) is 3.48. The summed E-state index contributed by atoms with van der Waals surface area (Å²) in [6, 6.07) is 15.5. The van der Waals surface area contributed by atoms with Crippen molar-refractivity contribution in [2.75, 3.05) is 0 Å². The van der Waals surface area contributed by atoms with Crippen LogP contribution in [0.3, 0.4) is 0 Å². The minimum absolute atomic E-state index is 0.543. The molecule has 0 saturated heterocycles. The summed E-state index contributed by atoms with van der Waals surface area (Å²) in [5, 5.41) is 18.5. The molecular weight excluding hydrogens is 314 g/mol. The maximum Gasteiger partial charge on any atom is 0.489 e. The van der Waals surface area contributed by atoms with Gasteiger partial charge in [-0.2, -0.15) is 0 Å². The van der Waals surface area contributed by atoms with Gasteiger partial charge in [0.2, 0.25) is 0 Å². The second-order valence-corrected chi connectivity index (χ2v) is 4.64. The highest BCUT2D eigenvalue weighted by Gasteiger charge is 2.15. The third kappa shape index (κ3) is 2.45. The lowest BCUT2D eigenvalue weighted by atomic mass is 9.79. The Morgan fingerprint density at radius 1 is 0.875 bits per heavy atom. The second kappa shape index (κ2) is 4.99. The van der Waals surface area contributed by atoms with E-state index < -0.39 is 7.12 Å². The molecule has 80 valence electrons. The van der Waals surface area contributed by atoms with E-state index in [9.17, 15) is 10.0 Å². The van der Waals surface area contributed by atoms with Crippen molar-refractivity contribution in [3.05, 3.63) is 52.1 Å². The van der Waals surface area contributed by atoms with E-state index in [0.717, 1.165) is 14.7 Å². The lowest BCUT2D eigenvalue weighted by Crippen LogP contribution is -2.32. The quantitative estimate of drug-likeness (QED) is 0.651. The van der Waals surface area contributed by atoms with Crippen LogP contribution >= 0.6 is 22.6 Å². The first-order valence-electron chi connectivity index (χ1n) is 4.89. The number of rotatable bonds is 2. The molecule has 2 rings (SSSR count). The molecule has 4 heteroatoms. The van der Waals surface area contributed by atoms with Crippen molar-refractivity contribution in [2.45, 2.75) is 0 Å². The largest absolute Gasteiger partial charge is 0.489 e. The third-order valence-corrected chi connectivity index (χ3v) is 3.36. The van der Waals surface area contributed by atoms with Gasteiger partial charge in [-0.1, -0.05) is 42.5 Å². The maximum absolute atomic E-state index is 9.23. The van der Waals surface area contributed by atoms with Crippen LogP contribution in [0.4, 0.5) is 0 Å². The number of benzene rings is 2. The predicted octanol–water partition coefficient (Wildman–Crippen LogP) is 1.64. The zero-order chi connectivity index (χ0) is 11.5. The van der Waals surface area contributed by atoms with Gasteiger partial charge in [0.05, 0.1) is 0 Å². The van der Waals surface area contributed by atoms with E-state index in [1.54, 1.807) is 0 Å². The van der Waals surface area contributed by atoms with Gasteiger partial charge in [-0.25, -0.2) is 0 Å². The summed E-state index contributed by atoms with van der Waals surface area (Å²) >= 11 is 2.09. The van der Waals surface area contributed by atoms with E-state index in [0.29, 0.717) is 5.46 Å². The molecule has 2 aromatic carbocycles. The van der Waals surface area contributed by atoms with Crippen LogP contribution in [0.1, 0.15) is 0 Å². The molecular formula is C12H10BIO2. The van der Waals surface area contributed by atoms with Crippen LogP contribution in [-0.2, 0) is 0 Å². The summed E-state index contributed by atoms with van der Waals surface area (Å²) in [4.78, 5) is 0. The molecule has 2 nitrogen and oxygen atoms in total. The van der Waals surface area contributed by atoms with Crippen LogP contribution in [0.2, 0.25) is 0 Å². The minimum Gasteiger partial charge on any atom is -0.423 e. The van der Waals surface area contributed by atoms with Crippen molar-refractivity contribution in [3.8, 4) is 11.1 Å². The average molecular weight is 324 g/mol. The Balaban J connectivity index is 2.48. The molecule has 0 saturated carbocycles. The normalized spacial score (nSPS) is 10.2. The Kier molecular flexibility index (Phi) is 3.63. The summed E-state index contributed by atoms with van der Waals surface area (Å²) in [7, 11) is -1.42. The van der Waals surface area contributed by atoms with Crippen LogP contribution in [0.15, 0.2) is 48.5 Å². The molecule has 0 aliphatic carbocycles. The maximum atomic E-state index is 9.23. The van der Waals surface area contributed by atoms with Gasteiger partial charge in [0, 0.05) is 3.57 Å². The van der Waals surface area contributed by atoms with Crippen LogP contribution in [0.5, 0.6) is 0 Å². The van der Waals surface area contributed by atoms with Crippen molar-refractivity contribution in [1.29, 1.82) is 0 Å². The molecule has 0 bridgehead atoms. The standard InChI is InChI=1S/C12H10BIO2/c14-12-7-6-10(8-11(12)13(15)16)9-4-2-1-3-5-9/h1-8,15-16H. The third-order valence-electron chi connectivity index (χ3n) is 2.38. The number of hydrogen-bond acceptors (Lipinski definition) is 2. The van der Waals surface area contributed by atoms with Gasteiger partial charge in [0.15, 0.2) is 0 Å². The monoisotopic (exact) mass is 324 g/mol. The molecule has 0 aliphatic rings. The topological polar surface area (TPSA) is 40.5 Å². The van der Waals surface area contributed by atoms with E-state index in [1.807, 2.05) is 48.5 Å². The zero-order valence-corrected chi connectivity index (χ0v) is 10.6. The van der Waals surface area contributed by atoms with E-state index >= 15 is 0 Å². The molecule has 0 fully saturated rings. The van der Waals surface area contributed by atoms with Gasteiger partial charge in [-0.05, 0) is 45.2 Å². The highest BCUT2D eigenvalue weighted by Crippen LogP contribution is 2.18. The van der Waals surface area contributed by atoms with Crippen LogP contribution in [-0.4, -0.2) is 17.2 Å². The lowest BCUT2D eigenvalue weighted by molar-refractivity contribution is 0.425. The molecule has 2 aromatic rings. The molecule has 0 unspecified atom stereocenters. The van der Waals surface area contributed by atoms with Crippen LogP contribution in [0.25, 0.3) is 11.1 Å². The Morgan fingerprint density at radius 2 is 1.56 bits per heavy atom. The summed E-state index contributed by atoms with van der Waals surface area (Å²) in [5.41, 5.74) is 2.60. The molecule has 0 aliphatic heterocycles. The molecule has 0 heterocycles. The van der Waals surface area contributed by atoms with E-state index in [1.165, 1.54) is 0 Å². The molecule has 0 spiro atoms. The fourth-order valence-electron chi connectivity index (χ4n) is 1.55.